The Hall–Kier alpha value is -2.20. The molecule has 4 heteroatoms. The van der Waals surface area contributed by atoms with Crippen LogP contribution in [0.25, 0.3) is 0 Å². The SMILES string of the molecule is Nc1ccc2c(c1)NC(N)(CCc1ccccc1)N2. The molecule has 1 aliphatic heterocycles. The molecule has 0 saturated heterocycles. The fourth-order valence-electron chi connectivity index (χ4n) is 2.40. The lowest BCUT2D eigenvalue weighted by Crippen LogP contribution is -2.51. The molecule has 0 radical (unpaired) electrons. The van der Waals surface area contributed by atoms with Crippen molar-refractivity contribution in [3.05, 3.63) is 54.1 Å². The Morgan fingerprint density at radius 1 is 0.947 bits per heavy atom. The van der Waals surface area contributed by atoms with Crippen molar-refractivity contribution in [3.63, 3.8) is 0 Å². The third-order valence-electron chi connectivity index (χ3n) is 3.41. The Morgan fingerprint density at radius 2 is 1.68 bits per heavy atom. The zero-order valence-electron chi connectivity index (χ0n) is 10.7. The van der Waals surface area contributed by atoms with Crippen LogP contribution in [0.4, 0.5) is 17.1 Å². The van der Waals surface area contributed by atoms with Gasteiger partial charge in [0.1, 0.15) is 0 Å². The van der Waals surface area contributed by atoms with Crippen molar-refractivity contribution in [3.8, 4) is 0 Å². The van der Waals surface area contributed by atoms with E-state index < -0.39 is 5.79 Å². The number of nitrogen functional groups attached to an aromatic ring is 1. The van der Waals surface area contributed by atoms with E-state index in [0.29, 0.717) is 0 Å². The number of anilines is 3. The van der Waals surface area contributed by atoms with Crippen molar-refractivity contribution in [1.82, 2.24) is 0 Å². The maximum Gasteiger partial charge on any atom is 0.162 e. The summed E-state index contributed by atoms with van der Waals surface area (Å²) in [6, 6.07) is 16.1. The summed E-state index contributed by atoms with van der Waals surface area (Å²) in [4.78, 5) is 0. The number of nitrogens with two attached hydrogens (primary N) is 2. The van der Waals surface area contributed by atoms with Crippen LogP contribution < -0.4 is 22.1 Å². The molecule has 6 N–H and O–H groups in total. The summed E-state index contributed by atoms with van der Waals surface area (Å²) in [5, 5.41) is 6.63. The third-order valence-corrected chi connectivity index (χ3v) is 3.41. The molecule has 2 aromatic rings. The number of nitrogens with one attached hydrogen (secondary N) is 2. The van der Waals surface area contributed by atoms with Crippen molar-refractivity contribution >= 4 is 17.1 Å². The molecular weight excluding hydrogens is 236 g/mol. The van der Waals surface area contributed by atoms with Crippen molar-refractivity contribution in [2.75, 3.05) is 16.4 Å². The maximum absolute atomic E-state index is 6.34. The zero-order valence-corrected chi connectivity index (χ0v) is 10.7. The van der Waals surface area contributed by atoms with Gasteiger partial charge in [-0.25, -0.2) is 0 Å². The Bertz CT molecular complexity index is 582. The molecule has 0 spiro atoms. The lowest BCUT2D eigenvalue weighted by molar-refractivity contribution is 0.521. The molecule has 2 aromatic carbocycles. The first-order chi connectivity index (χ1) is 9.15. The van der Waals surface area contributed by atoms with Gasteiger partial charge in [-0.3, -0.25) is 5.73 Å². The van der Waals surface area contributed by atoms with E-state index in [2.05, 4.69) is 22.8 Å². The van der Waals surface area contributed by atoms with E-state index in [1.165, 1.54) is 5.56 Å². The second kappa shape index (κ2) is 4.48. The van der Waals surface area contributed by atoms with Gasteiger partial charge in [0.2, 0.25) is 0 Å². The lowest BCUT2D eigenvalue weighted by Gasteiger charge is -2.25. The molecule has 0 saturated carbocycles. The lowest BCUT2D eigenvalue weighted by atomic mass is 10.1. The highest BCUT2D eigenvalue weighted by Gasteiger charge is 2.31. The van der Waals surface area contributed by atoms with Gasteiger partial charge in [-0.1, -0.05) is 30.3 Å². The highest BCUT2D eigenvalue weighted by atomic mass is 15.3. The van der Waals surface area contributed by atoms with E-state index in [1.807, 2.05) is 36.4 Å². The molecule has 0 fully saturated rings. The molecule has 0 aliphatic carbocycles. The number of fused-ring (bicyclic) bond motifs is 1. The minimum atomic E-state index is -0.605. The third kappa shape index (κ3) is 2.48. The average Bonchev–Trinajstić information content (AvgIpc) is 2.74. The summed E-state index contributed by atoms with van der Waals surface area (Å²) in [6.45, 7) is 0. The van der Waals surface area contributed by atoms with Gasteiger partial charge < -0.3 is 16.4 Å². The first-order valence-corrected chi connectivity index (χ1v) is 6.43. The largest absolute Gasteiger partial charge is 0.399 e. The zero-order chi connectivity index (χ0) is 13.3. The molecule has 19 heavy (non-hydrogen) atoms. The molecule has 4 nitrogen and oxygen atoms in total. The smallest absolute Gasteiger partial charge is 0.162 e. The minimum absolute atomic E-state index is 0.605. The first-order valence-electron chi connectivity index (χ1n) is 6.43. The Labute approximate surface area is 112 Å². The van der Waals surface area contributed by atoms with Crippen molar-refractivity contribution in [2.45, 2.75) is 18.6 Å². The number of hydrogen-bond acceptors (Lipinski definition) is 4. The fraction of sp³-hybridized carbons (Fsp3) is 0.200. The number of benzene rings is 2. The van der Waals surface area contributed by atoms with Crippen LogP contribution in [0.2, 0.25) is 0 Å². The molecule has 1 aliphatic rings. The molecule has 1 atom stereocenters. The topological polar surface area (TPSA) is 76.1 Å². The summed E-state index contributed by atoms with van der Waals surface area (Å²) >= 11 is 0. The van der Waals surface area contributed by atoms with E-state index >= 15 is 0 Å². The predicted molar refractivity (Wildman–Crippen MR) is 79.8 cm³/mol. The van der Waals surface area contributed by atoms with Crippen LogP contribution in [0.1, 0.15) is 12.0 Å². The van der Waals surface area contributed by atoms with E-state index in [9.17, 15) is 0 Å². The normalized spacial score (nSPS) is 20.5. The average molecular weight is 254 g/mol. The van der Waals surface area contributed by atoms with E-state index in [-0.39, 0.29) is 0 Å². The van der Waals surface area contributed by atoms with Crippen molar-refractivity contribution in [2.24, 2.45) is 5.73 Å². The molecule has 1 unspecified atom stereocenters. The van der Waals surface area contributed by atoms with Crippen LogP contribution in [0, 0.1) is 0 Å². The molecule has 0 bridgehead atoms. The van der Waals surface area contributed by atoms with Gasteiger partial charge >= 0.3 is 0 Å². The number of aryl methyl sites for hydroxylation is 1. The molecule has 0 aromatic heterocycles. The molecule has 3 rings (SSSR count). The van der Waals surface area contributed by atoms with Gasteiger partial charge in [0, 0.05) is 12.1 Å². The highest BCUT2D eigenvalue weighted by molar-refractivity contribution is 5.78. The Kier molecular flexibility index (Phi) is 2.80. The minimum Gasteiger partial charge on any atom is -0.399 e. The summed E-state index contributed by atoms with van der Waals surface area (Å²) in [5.74, 6) is -0.605. The second-order valence-electron chi connectivity index (χ2n) is 5.01. The summed E-state index contributed by atoms with van der Waals surface area (Å²) in [6.07, 6.45) is 1.71. The maximum atomic E-state index is 6.34. The quantitative estimate of drug-likeness (QED) is 0.634. The molecule has 98 valence electrons. The summed E-state index contributed by atoms with van der Waals surface area (Å²) in [7, 11) is 0. The number of hydrogen-bond donors (Lipinski definition) is 4. The van der Waals surface area contributed by atoms with Gasteiger partial charge in [-0.15, -0.1) is 0 Å². The van der Waals surface area contributed by atoms with Crippen LogP contribution in [0.15, 0.2) is 48.5 Å². The van der Waals surface area contributed by atoms with E-state index in [0.717, 1.165) is 29.9 Å². The van der Waals surface area contributed by atoms with E-state index in [1.54, 1.807) is 0 Å². The standard InChI is InChI=1S/C15H18N4/c16-12-6-7-13-14(10-12)19-15(17,18-13)9-8-11-4-2-1-3-5-11/h1-7,10,18-19H,8-9,16-17H2. The highest BCUT2D eigenvalue weighted by Crippen LogP contribution is 2.34. The van der Waals surface area contributed by atoms with E-state index in [4.69, 9.17) is 11.5 Å². The van der Waals surface area contributed by atoms with Gasteiger partial charge in [0.05, 0.1) is 11.4 Å². The van der Waals surface area contributed by atoms with Gasteiger partial charge in [-0.05, 0) is 30.2 Å². The van der Waals surface area contributed by atoms with Crippen molar-refractivity contribution < 1.29 is 0 Å². The Balaban J connectivity index is 1.70. The van der Waals surface area contributed by atoms with Gasteiger partial charge in [0.25, 0.3) is 0 Å². The number of rotatable bonds is 3. The molecule has 0 amide bonds. The summed E-state index contributed by atoms with van der Waals surface area (Å²) in [5.41, 5.74) is 16.1. The Morgan fingerprint density at radius 3 is 2.47 bits per heavy atom. The summed E-state index contributed by atoms with van der Waals surface area (Å²) < 4.78 is 0. The predicted octanol–water partition coefficient (Wildman–Crippen LogP) is 2.35. The first kappa shape index (κ1) is 11.9. The van der Waals surface area contributed by atoms with Gasteiger partial charge in [0.15, 0.2) is 5.79 Å². The van der Waals surface area contributed by atoms with Crippen LogP contribution in [0.5, 0.6) is 0 Å². The van der Waals surface area contributed by atoms with Crippen molar-refractivity contribution in [1.29, 1.82) is 0 Å². The monoisotopic (exact) mass is 254 g/mol. The molecular formula is C15H18N4. The van der Waals surface area contributed by atoms with Crippen LogP contribution in [0.3, 0.4) is 0 Å². The van der Waals surface area contributed by atoms with Crippen LogP contribution in [-0.4, -0.2) is 5.79 Å². The second-order valence-corrected chi connectivity index (χ2v) is 5.01. The molecule has 1 heterocycles. The van der Waals surface area contributed by atoms with Crippen LogP contribution in [-0.2, 0) is 6.42 Å². The fourth-order valence-corrected chi connectivity index (χ4v) is 2.40. The van der Waals surface area contributed by atoms with Gasteiger partial charge in [-0.2, -0.15) is 0 Å². The van der Waals surface area contributed by atoms with Crippen LogP contribution >= 0.6 is 0 Å².